The quantitative estimate of drug-likeness (QED) is 0.668. The summed E-state index contributed by atoms with van der Waals surface area (Å²) in [4.78, 5) is 0. The molecule has 0 heterocycles. The summed E-state index contributed by atoms with van der Waals surface area (Å²) in [5.74, 6) is 2.72. The summed E-state index contributed by atoms with van der Waals surface area (Å²) < 4.78 is 41.4. The van der Waals surface area contributed by atoms with E-state index < -0.39 is 23.5 Å². The third-order valence-corrected chi connectivity index (χ3v) is 3.23. The van der Waals surface area contributed by atoms with Crippen molar-refractivity contribution < 1.29 is 13.2 Å². The van der Waals surface area contributed by atoms with E-state index in [1.807, 2.05) is 0 Å². The zero-order chi connectivity index (χ0) is 14.0. The van der Waals surface area contributed by atoms with Gasteiger partial charge in [-0.05, 0) is 18.2 Å². The summed E-state index contributed by atoms with van der Waals surface area (Å²) in [6, 6.07) is 7.00. The first kappa shape index (κ1) is 14.0. The van der Waals surface area contributed by atoms with Crippen LogP contribution in [0, 0.1) is 17.5 Å². The molecule has 0 saturated heterocycles. The van der Waals surface area contributed by atoms with Gasteiger partial charge in [0, 0.05) is 15.6 Å². The minimum atomic E-state index is -1.05. The van der Waals surface area contributed by atoms with Crippen molar-refractivity contribution in [3.63, 3.8) is 0 Å². The summed E-state index contributed by atoms with van der Waals surface area (Å²) in [5, 5.41) is 0. The van der Waals surface area contributed by atoms with Crippen molar-refractivity contribution in [2.45, 2.75) is 6.04 Å². The number of nitrogens with two attached hydrogens (primary N) is 1. The Balaban J connectivity index is 2.53. The van der Waals surface area contributed by atoms with Crippen LogP contribution in [-0.2, 0) is 0 Å². The van der Waals surface area contributed by atoms with Gasteiger partial charge in [-0.25, -0.2) is 18.6 Å². The maximum Gasteiger partial charge on any atom is 0.163 e. The number of hydrazine groups is 1. The fourth-order valence-electron chi connectivity index (χ4n) is 1.83. The molecule has 0 fully saturated rings. The highest BCUT2D eigenvalue weighted by atomic mass is 79.9. The highest BCUT2D eigenvalue weighted by molar-refractivity contribution is 9.10. The molecule has 0 aliphatic carbocycles. The maximum absolute atomic E-state index is 13.9. The molecule has 2 aromatic rings. The molecule has 0 saturated carbocycles. The van der Waals surface area contributed by atoms with Crippen molar-refractivity contribution in [3.8, 4) is 0 Å². The van der Waals surface area contributed by atoms with Gasteiger partial charge in [-0.1, -0.05) is 34.1 Å². The summed E-state index contributed by atoms with van der Waals surface area (Å²) in [5.41, 5.74) is 2.38. The molecular weight excluding hydrogens is 321 g/mol. The molecule has 2 nitrogen and oxygen atoms in total. The van der Waals surface area contributed by atoms with E-state index in [0.29, 0.717) is 4.47 Å². The molecule has 0 radical (unpaired) electrons. The Hall–Kier alpha value is -1.37. The Morgan fingerprint density at radius 1 is 1.00 bits per heavy atom. The Morgan fingerprint density at radius 3 is 2.37 bits per heavy atom. The average molecular weight is 331 g/mol. The van der Waals surface area contributed by atoms with Crippen LogP contribution < -0.4 is 11.3 Å². The van der Waals surface area contributed by atoms with Crippen molar-refractivity contribution in [2.24, 2.45) is 5.84 Å². The lowest BCUT2D eigenvalue weighted by Crippen LogP contribution is -2.30. The first-order valence-electron chi connectivity index (χ1n) is 5.39. The van der Waals surface area contributed by atoms with Crippen LogP contribution in [0.3, 0.4) is 0 Å². The molecule has 100 valence electrons. The third kappa shape index (κ3) is 2.80. The first-order chi connectivity index (χ1) is 9.04. The van der Waals surface area contributed by atoms with Crippen LogP contribution in [0.25, 0.3) is 0 Å². The molecule has 1 atom stereocenters. The molecule has 1 unspecified atom stereocenters. The molecule has 0 aliphatic rings. The van der Waals surface area contributed by atoms with Gasteiger partial charge in [-0.2, -0.15) is 0 Å². The SMILES string of the molecule is NNC(c1ccc(Br)cc1F)c1cccc(F)c1F. The molecule has 19 heavy (non-hydrogen) atoms. The van der Waals surface area contributed by atoms with Crippen molar-refractivity contribution in [1.29, 1.82) is 0 Å². The van der Waals surface area contributed by atoms with Crippen LogP contribution in [0.2, 0.25) is 0 Å². The minimum Gasteiger partial charge on any atom is -0.271 e. The van der Waals surface area contributed by atoms with Crippen molar-refractivity contribution in [2.75, 3.05) is 0 Å². The number of nitrogens with one attached hydrogen (secondary N) is 1. The molecule has 2 rings (SSSR count). The molecule has 3 N–H and O–H groups in total. The van der Waals surface area contributed by atoms with Gasteiger partial charge in [0.25, 0.3) is 0 Å². The maximum atomic E-state index is 13.9. The van der Waals surface area contributed by atoms with E-state index >= 15 is 0 Å². The second-order valence-corrected chi connectivity index (χ2v) is 4.82. The number of halogens is 4. The smallest absolute Gasteiger partial charge is 0.163 e. The van der Waals surface area contributed by atoms with Gasteiger partial charge in [0.05, 0.1) is 6.04 Å². The number of hydrogen-bond donors (Lipinski definition) is 2. The van der Waals surface area contributed by atoms with Gasteiger partial charge in [0.15, 0.2) is 11.6 Å². The average Bonchev–Trinajstić information content (AvgIpc) is 2.37. The zero-order valence-corrected chi connectivity index (χ0v) is 11.2. The monoisotopic (exact) mass is 330 g/mol. The van der Waals surface area contributed by atoms with Crippen LogP contribution in [0.15, 0.2) is 40.9 Å². The van der Waals surface area contributed by atoms with E-state index in [2.05, 4.69) is 21.4 Å². The van der Waals surface area contributed by atoms with Gasteiger partial charge < -0.3 is 0 Å². The van der Waals surface area contributed by atoms with Gasteiger partial charge >= 0.3 is 0 Å². The predicted molar refractivity (Wildman–Crippen MR) is 69.6 cm³/mol. The molecular formula is C13H10BrF3N2. The van der Waals surface area contributed by atoms with E-state index in [9.17, 15) is 13.2 Å². The summed E-state index contributed by atoms with van der Waals surface area (Å²) in [7, 11) is 0. The Morgan fingerprint density at radius 2 is 1.74 bits per heavy atom. The van der Waals surface area contributed by atoms with Crippen molar-refractivity contribution in [3.05, 3.63) is 69.4 Å². The van der Waals surface area contributed by atoms with E-state index in [4.69, 9.17) is 5.84 Å². The lowest BCUT2D eigenvalue weighted by Gasteiger charge is -2.18. The van der Waals surface area contributed by atoms with E-state index in [1.165, 1.54) is 24.3 Å². The van der Waals surface area contributed by atoms with E-state index in [-0.39, 0.29) is 11.1 Å². The molecule has 0 bridgehead atoms. The standard InChI is InChI=1S/C13H10BrF3N2/c14-7-4-5-8(11(16)6-7)13(19-18)9-2-1-3-10(15)12(9)17/h1-6,13,19H,18H2. The minimum absolute atomic E-state index is 0.0521. The van der Waals surface area contributed by atoms with Crippen molar-refractivity contribution in [1.82, 2.24) is 5.43 Å². The second-order valence-electron chi connectivity index (χ2n) is 3.91. The third-order valence-electron chi connectivity index (χ3n) is 2.73. The van der Waals surface area contributed by atoms with E-state index in [1.54, 1.807) is 6.07 Å². The topological polar surface area (TPSA) is 38.0 Å². The van der Waals surface area contributed by atoms with Crippen molar-refractivity contribution >= 4 is 15.9 Å². The Labute approximate surface area is 116 Å². The van der Waals surface area contributed by atoms with Crippen LogP contribution in [0.5, 0.6) is 0 Å². The fraction of sp³-hybridized carbons (Fsp3) is 0.0769. The predicted octanol–water partition coefficient (Wildman–Crippen LogP) is 3.42. The Kier molecular flexibility index (Phi) is 4.24. The number of rotatable bonds is 3. The summed E-state index contributed by atoms with van der Waals surface area (Å²) >= 11 is 3.12. The number of hydrogen-bond acceptors (Lipinski definition) is 2. The van der Waals surface area contributed by atoms with Gasteiger partial charge in [-0.3, -0.25) is 5.84 Å². The lowest BCUT2D eigenvalue weighted by atomic mass is 9.98. The summed E-state index contributed by atoms with van der Waals surface area (Å²) in [6.07, 6.45) is 0. The van der Waals surface area contributed by atoms with Crippen LogP contribution >= 0.6 is 15.9 Å². The molecule has 0 spiro atoms. The van der Waals surface area contributed by atoms with Crippen LogP contribution in [-0.4, -0.2) is 0 Å². The molecule has 2 aromatic carbocycles. The Bertz CT molecular complexity index is 604. The normalized spacial score (nSPS) is 12.5. The van der Waals surface area contributed by atoms with Crippen LogP contribution in [0.4, 0.5) is 13.2 Å². The molecule has 0 aromatic heterocycles. The second kappa shape index (κ2) is 5.73. The largest absolute Gasteiger partial charge is 0.271 e. The van der Waals surface area contributed by atoms with Gasteiger partial charge in [-0.15, -0.1) is 0 Å². The highest BCUT2D eigenvalue weighted by Gasteiger charge is 2.21. The summed E-state index contributed by atoms with van der Waals surface area (Å²) in [6.45, 7) is 0. The fourth-order valence-corrected chi connectivity index (χ4v) is 2.16. The van der Waals surface area contributed by atoms with Gasteiger partial charge in [0.2, 0.25) is 0 Å². The molecule has 6 heteroatoms. The first-order valence-corrected chi connectivity index (χ1v) is 6.19. The molecule has 0 aliphatic heterocycles. The highest BCUT2D eigenvalue weighted by Crippen LogP contribution is 2.28. The molecule has 0 amide bonds. The lowest BCUT2D eigenvalue weighted by molar-refractivity contribution is 0.477. The zero-order valence-electron chi connectivity index (χ0n) is 9.63. The van der Waals surface area contributed by atoms with Gasteiger partial charge in [0.1, 0.15) is 5.82 Å². The van der Waals surface area contributed by atoms with E-state index in [0.717, 1.165) is 6.07 Å². The number of benzene rings is 2. The van der Waals surface area contributed by atoms with Crippen LogP contribution in [0.1, 0.15) is 17.2 Å².